The van der Waals surface area contributed by atoms with Crippen LogP contribution in [0.4, 0.5) is 0 Å². The maximum Gasteiger partial charge on any atom is 0.227 e. The second kappa shape index (κ2) is 7.49. The van der Waals surface area contributed by atoms with Crippen LogP contribution in [0.15, 0.2) is 54.6 Å². The molecule has 24 heavy (non-hydrogen) atoms. The van der Waals surface area contributed by atoms with Gasteiger partial charge in [-0.2, -0.15) is 0 Å². The Morgan fingerprint density at radius 1 is 1.17 bits per heavy atom. The van der Waals surface area contributed by atoms with Crippen LogP contribution in [0.5, 0.6) is 5.75 Å². The fraction of sp³-hybridized carbons (Fsp3) is 0.350. The minimum absolute atomic E-state index is 0.0223. The molecule has 4 nitrogen and oxygen atoms in total. The largest absolute Gasteiger partial charge is 0.492 e. The van der Waals surface area contributed by atoms with Gasteiger partial charge in [-0.1, -0.05) is 48.5 Å². The zero-order valence-electron chi connectivity index (χ0n) is 14.2. The van der Waals surface area contributed by atoms with Crippen LogP contribution in [0, 0.1) is 5.92 Å². The number of nitrogens with zero attached hydrogens (tertiary/aromatic N) is 1. The van der Waals surface area contributed by atoms with Gasteiger partial charge in [-0.15, -0.1) is 0 Å². The van der Waals surface area contributed by atoms with Crippen LogP contribution >= 0.6 is 0 Å². The Kier molecular flexibility index (Phi) is 5.16. The van der Waals surface area contributed by atoms with E-state index in [1.165, 1.54) is 0 Å². The first-order valence-electron chi connectivity index (χ1n) is 8.34. The number of carbonyl (C=O) groups excluding carboxylic acids is 1. The number of hydrogen-bond acceptors (Lipinski definition) is 3. The molecule has 1 aliphatic heterocycles. The summed E-state index contributed by atoms with van der Waals surface area (Å²) in [5.74, 6) is 0.808. The van der Waals surface area contributed by atoms with Crippen LogP contribution < -0.4 is 10.1 Å². The van der Waals surface area contributed by atoms with Crippen LogP contribution in [-0.4, -0.2) is 38.1 Å². The number of fused-ring (bicyclic) bond motifs is 1. The van der Waals surface area contributed by atoms with Crippen molar-refractivity contribution in [2.45, 2.75) is 12.5 Å². The number of rotatable bonds is 5. The average molecular weight is 324 g/mol. The zero-order valence-corrected chi connectivity index (χ0v) is 14.2. The van der Waals surface area contributed by atoms with Gasteiger partial charge in [0.05, 0.1) is 12.0 Å². The maximum absolute atomic E-state index is 12.8. The van der Waals surface area contributed by atoms with Crippen molar-refractivity contribution in [2.24, 2.45) is 5.92 Å². The molecular formula is C20H24N2O2. The van der Waals surface area contributed by atoms with Gasteiger partial charge in [0.15, 0.2) is 0 Å². The molecule has 0 fully saturated rings. The third kappa shape index (κ3) is 3.95. The number of para-hydroxylation sites is 1. The van der Waals surface area contributed by atoms with Crippen molar-refractivity contribution in [3.05, 3.63) is 65.7 Å². The number of amides is 1. The maximum atomic E-state index is 12.8. The molecule has 1 N–H and O–H groups in total. The smallest absolute Gasteiger partial charge is 0.227 e. The monoisotopic (exact) mass is 324 g/mol. The number of likely N-dealkylation sites (N-methyl/N-ethyl adjacent to an activating group) is 1. The first kappa shape index (κ1) is 16.5. The SMILES string of the molecule is CN(C)C[C@H](NC(=O)[C@@H]1COc2ccccc2C1)c1ccccc1. The van der Waals surface area contributed by atoms with E-state index in [0.717, 1.165) is 29.8 Å². The summed E-state index contributed by atoms with van der Waals surface area (Å²) in [6.07, 6.45) is 0.728. The standard InChI is InChI=1S/C20H24N2O2/c1-22(2)13-18(15-8-4-3-5-9-15)21-20(23)17-12-16-10-6-7-11-19(16)24-14-17/h3-11,17-18H,12-14H2,1-2H3,(H,21,23)/t17-,18-/m0/s1. The highest BCUT2D eigenvalue weighted by Gasteiger charge is 2.27. The number of ether oxygens (including phenoxy) is 1. The third-order valence-electron chi connectivity index (χ3n) is 4.32. The molecule has 0 unspecified atom stereocenters. The molecule has 0 saturated heterocycles. The summed E-state index contributed by atoms with van der Waals surface area (Å²) in [6, 6.07) is 18.0. The minimum atomic E-state index is -0.145. The van der Waals surface area contributed by atoms with Gasteiger partial charge in [0.25, 0.3) is 0 Å². The molecule has 0 spiro atoms. The minimum Gasteiger partial charge on any atom is -0.492 e. The second-order valence-electron chi connectivity index (χ2n) is 6.55. The van der Waals surface area contributed by atoms with E-state index in [-0.39, 0.29) is 17.9 Å². The van der Waals surface area contributed by atoms with Gasteiger partial charge in [-0.3, -0.25) is 4.79 Å². The molecule has 1 heterocycles. The van der Waals surface area contributed by atoms with E-state index in [0.29, 0.717) is 6.61 Å². The molecule has 0 bridgehead atoms. The van der Waals surface area contributed by atoms with Gasteiger partial charge in [-0.05, 0) is 37.7 Å². The van der Waals surface area contributed by atoms with E-state index in [2.05, 4.69) is 22.3 Å². The van der Waals surface area contributed by atoms with Gasteiger partial charge in [-0.25, -0.2) is 0 Å². The first-order valence-corrected chi connectivity index (χ1v) is 8.34. The molecule has 0 saturated carbocycles. The summed E-state index contributed by atoms with van der Waals surface area (Å²) in [6.45, 7) is 1.20. The lowest BCUT2D eigenvalue weighted by molar-refractivity contribution is -0.127. The van der Waals surface area contributed by atoms with Crippen LogP contribution in [0.25, 0.3) is 0 Å². The fourth-order valence-corrected chi connectivity index (χ4v) is 3.07. The van der Waals surface area contributed by atoms with E-state index < -0.39 is 0 Å². The number of hydrogen-bond donors (Lipinski definition) is 1. The highest BCUT2D eigenvalue weighted by atomic mass is 16.5. The van der Waals surface area contributed by atoms with Gasteiger partial charge >= 0.3 is 0 Å². The lowest BCUT2D eigenvalue weighted by atomic mass is 9.95. The summed E-state index contributed by atoms with van der Waals surface area (Å²) < 4.78 is 5.75. The van der Waals surface area contributed by atoms with Crippen LogP contribution in [0.3, 0.4) is 0 Å². The molecule has 2 aromatic carbocycles. The Bertz CT molecular complexity index is 685. The Labute approximate surface area is 143 Å². The number of nitrogens with one attached hydrogen (secondary N) is 1. The van der Waals surface area contributed by atoms with Crippen LogP contribution in [0.1, 0.15) is 17.2 Å². The molecule has 1 amide bonds. The molecular weight excluding hydrogens is 300 g/mol. The van der Waals surface area contributed by atoms with Crippen molar-refractivity contribution in [1.82, 2.24) is 10.2 Å². The molecule has 3 rings (SSSR count). The normalized spacial score (nSPS) is 17.7. The summed E-state index contributed by atoms with van der Waals surface area (Å²) in [5.41, 5.74) is 2.23. The predicted octanol–water partition coefficient (Wildman–Crippen LogP) is 2.66. The van der Waals surface area contributed by atoms with Crippen molar-refractivity contribution >= 4 is 5.91 Å². The Morgan fingerprint density at radius 3 is 2.62 bits per heavy atom. The fourth-order valence-electron chi connectivity index (χ4n) is 3.07. The lowest BCUT2D eigenvalue weighted by Gasteiger charge is -2.28. The van der Waals surface area contributed by atoms with Gasteiger partial charge in [0.2, 0.25) is 5.91 Å². The Hall–Kier alpha value is -2.33. The predicted molar refractivity (Wildman–Crippen MR) is 95.0 cm³/mol. The van der Waals surface area contributed by atoms with Crippen molar-refractivity contribution in [2.75, 3.05) is 27.2 Å². The van der Waals surface area contributed by atoms with E-state index in [4.69, 9.17) is 4.74 Å². The summed E-state index contributed by atoms with van der Waals surface area (Å²) >= 11 is 0. The van der Waals surface area contributed by atoms with Crippen LogP contribution in [0.2, 0.25) is 0 Å². The molecule has 4 heteroatoms. The van der Waals surface area contributed by atoms with Crippen molar-refractivity contribution in [3.8, 4) is 5.75 Å². The van der Waals surface area contributed by atoms with Crippen LogP contribution in [-0.2, 0) is 11.2 Å². The highest BCUT2D eigenvalue weighted by molar-refractivity contribution is 5.80. The third-order valence-corrected chi connectivity index (χ3v) is 4.32. The second-order valence-corrected chi connectivity index (χ2v) is 6.55. The highest BCUT2D eigenvalue weighted by Crippen LogP contribution is 2.27. The molecule has 126 valence electrons. The first-order chi connectivity index (χ1) is 11.6. The molecule has 0 aliphatic carbocycles. The van der Waals surface area contributed by atoms with E-state index in [1.807, 2.05) is 56.6 Å². The topological polar surface area (TPSA) is 41.6 Å². The van der Waals surface area contributed by atoms with Crippen molar-refractivity contribution in [1.29, 1.82) is 0 Å². The quantitative estimate of drug-likeness (QED) is 0.919. The molecule has 1 aliphatic rings. The molecule has 2 atom stereocenters. The molecule has 2 aromatic rings. The number of carbonyl (C=O) groups is 1. The van der Waals surface area contributed by atoms with Gasteiger partial charge in [0, 0.05) is 6.54 Å². The zero-order chi connectivity index (χ0) is 16.9. The van der Waals surface area contributed by atoms with E-state index in [1.54, 1.807) is 0 Å². The van der Waals surface area contributed by atoms with Crippen molar-refractivity contribution < 1.29 is 9.53 Å². The Morgan fingerprint density at radius 2 is 1.88 bits per heavy atom. The van der Waals surface area contributed by atoms with E-state index >= 15 is 0 Å². The average Bonchev–Trinajstić information content (AvgIpc) is 2.61. The summed E-state index contributed by atoms with van der Waals surface area (Å²) in [4.78, 5) is 14.9. The lowest BCUT2D eigenvalue weighted by Crippen LogP contribution is -2.42. The van der Waals surface area contributed by atoms with Crippen molar-refractivity contribution in [3.63, 3.8) is 0 Å². The summed E-state index contributed by atoms with van der Waals surface area (Å²) in [5, 5.41) is 3.20. The van der Waals surface area contributed by atoms with Gasteiger partial charge < -0.3 is 15.0 Å². The Balaban J connectivity index is 1.70. The molecule has 0 radical (unpaired) electrons. The summed E-state index contributed by atoms with van der Waals surface area (Å²) in [7, 11) is 4.03. The van der Waals surface area contributed by atoms with E-state index in [9.17, 15) is 4.79 Å². The number of benzene rings is 2. The van der Waals surface area contributed by atoms with Gasteiger partial charge in [0.1, 0.15) is 12.4 Å². The molecule has 0 aromatic heterocycles.